The van der Waals surface area contributed by atoms with Crippen molar-refractivity contribution in [3.05, 3.63) is 71.8 Å². The molecule has 2 saturated heterocycles. The predicted octanol–water partition coefficient (Wildman–Crippen LogP) is 1.95. The van der Waals surface area contributed by atoms with Crippen molar-refractivity contribution in [2.24, 2.45) is 0 Å². The van der Waals surface area contributed by atoms with Crippen LogP contribution in [0.4, 0.5) is 4.79 Å². The van der Waals surface area contributed by atoms with Gasteiger partial charge in [0, 0.05) is 6.54 Å². The van der Waals surface area contributed by atoms with E-state index in [1.54, 1.807) is 4.90 Å². The van der Waals surface area contributed by atoms with E-state index in [1.165, 1.54) is 4.90 Å². The lowest BCUT2D eigenvalue weighted by molar-refractivity contribution is -0.162. The number of hydrogen-bond acceptors (Lipinski definition) is 4. The van der Waals surface area contributed by atoms with Gasteiger partial charge in [-0.3, -0.25) is 9.69 Å². The fraction of sp³-hybridized carbons (Fsp3) is 0.300. The van der Waals surface area contributed by atoms with E-state index < -0.39 is 18.2 Å². The van der Waals surface area contributed by atoms with E-state index in [-0.39, 0.29) is 25.2 Å². The Balaban J connectivity index is 1.56. The second-order valence-electron chi connectivity index (χ2n) is 6.56. The molecule has 0 spiro atoms. The number of benzene rings is 2. The van der Waals surface area contributed by atoms with Gasteiger partial charge in [0.25, 0.3) is 0 Å². The third-order valence-electron chi connectivity index (χ3n) is 5.08. The highest BCUT2D eigenvalue weighted by atomic mass is 16.6. The normalized spacial score (nSPS) is 25.2. The van der Waals surface area contributed by atoms with E-state index in [9.17, 15) is 14.7 Å². The van der Waals surface area contributed by atoms with Crippen molar-refractivity contribution < 1.29 is 19.4 Å². The Morgan fingerprint density at radius 3 is 2.31 bits per heavy atom. The third kappa shape index (κ3) is 2.72. The number of ether oxygens (including phenoxy) is 1. The van der Waals surface area contributed by atoms with Crippen molar-refractivity contribution in [3.63, 3.8) is 0 Å². The monoisotopic (exact) mass is 352 g/mol. The van der Waals surface area contributed by atoms with Crippen LogP contribution in [0.25, 0.3) is 0 Å². The highest BCUT2D eigenvalue weighted by Gasteiger charge is 2.55. The zero-order valence-corrected chi connectivity index (χ0v) is 14.2. The second-order valence-corrected chi connectivity index (χ2v) is 6.56. The van der Waals surface area contributed by atoms with Crippen LogP contribution in [0.3, 0.4) is 0 Å². The Labute approximate surface area is 151 Å². The SMILES string of the molecule is O=C1C(N2C(=O)OC[C@@H]2c2ccccc2)C(CO)N1Cc1ccccc1. The molecule has 0 bridgehead atoms. The topological polar surface area (TPSA) is 70.1 Å². The van der Waals surface area contributed by atoms with E-state index in [2.05, 4.69) is 0 Å². The summed E-state index contributed by atoms with van der Waals surface area (Å²) in [5, 5.41) is 9.85. The van der Waals surface area contributed by atoms with Crippen LogP contribution in [0.5, 0.6) is 0 Å². The van der Waals surface area contributed by atoms with E-state index >= 15 is 0 Å². The van der Waals surface area contributed by atoms with Crippen LogP contribution in [0, 0.1) is 0 Å². The van der Waals surface area contributed by atoms with E-state index in [4.69, 9.17) is 4.74 Å². The molecule has 6 heteroatoms. The minimum absolute atomic E-state index is 0.160. The molecule has 4 rings (SSSR count). The van der Waals surface area contributed by atoms with Crippen molar-refractivity contribution in [2.45, 2.75) is 24.7 Å². The van der Waals surface area contributed by atoms with Crippen molar-refractivity contribution in [1.29, 1.82) is 0 Å². The molecule has 2 aliphatic rings. The summed E-state index contributed by atoms with van der Waals surface area (Å²) in [5.74, 6) is -0.160. The molecule has 0 radical (unpaired) electrons. The van der Waals surface area contributed by atoms with Gasteiger partial charge in [-0.15, -0.1) is 0 Å². The van der Waals surface area contributed by atoms with Crippen molar-refractivity contribution in [2.75, 3.05) is 13.2 Å². The molecule has 2 amide bonds. The number of amides is 2. The average Bonchev–Trinajstić information content (AvgIpc) is 3.06. The van der Waals surface area contributed by atoms with Gasteiger partial charge in [0.2, 0.25) is 5.91 Å². The maximum Gasteiger partial charge on any atom is 0.411 e. The predicted molar refractivity (Wildman–Crippen MR) is 94.0 cm³/mol. The number of aliphatic hydroxyl groups excluding tert-OH is 1. The van der Waals surface area contributed by atoms with Crippen LogP contribution in [0.15, 0.2) is 60.7 Å². The van der Waals surface area contributed by atoms with E-state index in [0.29, 0.717) is 6.54 Å². The first-order chi connectivity index (χ1) is 12.7. The molecular weight excluding hydrogens is 332 g/mol. The number of aliphatic hydroxyl groups is 1. The largest absolute Gasteiger partial charge is 0.447 e. The Morgan fingerprint density at radius 2 is 1.65 bits per heavy atom. The van der Waals surface area contributed by atoms with E-state index in [1.807, 2.05) is 60.7 Å². The van der Waals surface area contributed by atoms with Crippen LogP contribution in [-0.4, -0.2) is 52.2 Å². The van der Waals surface area contributed by atoms with Crippen molar-refractivity contribution in [3.8, 4) is 0 Å². The molecule has 3 atom stereocenters. The fourth-order valence-corrected chi connectivity index (χ4v) is 3.74. The smallest absolute Gasteiger partial charge is 0.411 e. The number of nitrogens with zero attached hydrogens (tertiary/aromatic N) is 2. The molecule has 26 heavy (non-hydrogen) atoms. The van der Waals surface area contributed by atoms with Gasteiger partial charge in [-0.25, -0.2) is 4.79 Å². The van der Waals surface area contributed by atoms with Crippen LogP contribution in [0.1, 0.15) is 17.2 Å². The zero-order valence-electron chi connectivity index (χ0n) is 14.2. The molecule has 1 N–H and O–H groups in total. The summed E-state index contributed by atoms with van der Waals surface area (Å²) in [6.45, 7) is 0.429. The molecule has 0 aromatic heterocycles. The van der Waals surface area contributed by atoms with Crippen LogP contribution in [0.2, 0.25) is 0 Å². The Morgan fingerprint density at radius 1 is 1.00 bits per heavy atom. The molecule has 2 heterocycles. The molecule has 2 fully saturated rings. The summed E-state index contributed by atoms with van der Waals surface area (Å²) in [7, 11) is 0. The number of carbonyl (C=O) groups excluding carboxylic acids is 2. The van der Waals surface area contributed by atoms with Crippen LogP contribution in [-0.2, 0) is 16.1 Å². The lowest BCUT2D eigenvalue weighted by Gasteiger charge is -2.50. The first-order valence-corrected chi connectivity index (χ1v) is 8.66. The number of hydrogen-bond donors (Lipinski definition) is 1. The molecule has 2 unspecified atom stereocenters. The first-order valence-electron chi connectivity index (χ1n) is 8.66. The van der Waals surface area contributed by atoms with Gasteiger partial charge >= 0.3 is 6.09 Å². The first kappa shape index (κ1) is 16.6. The Bertz CT molecular complexity index is 796. The van der Waals surface area contributed by atoms with Crippen LogP contribution >= 0.6 is 0 Å². The molecule has 6 nitrogen and oxygen atoms in total. The summed E-state index contributed by atoms with van der Waals surface area (Å²) in [4.78, 5) is 28.2. The zero-order chi connectivity index (χ0) is 18.1. The highest BCUT2D eigenvalue weighted by molar-refractivity contribution is 5.93. The quantitative estimate of drug-likeness (QED) is 0.835. The summed E-state index contributed by atoms with van der Waals surface area (Å²) in [5.41, 5.74) is 1.91. The van der Waals surface area contributed by atoms with Gasteiger partial charge in [-0.1, -0.05) is 60.7 Å². The second kappa shape index (κ2) is 6.80. The molecule has 134 valence electrons. The van der Waals surface area contributed by atoms with Gasteiger partial charge in [-0.2, -0.15) is 0 Å². The van der Waals surface area contributed by atoms with Gasteiger partial charge in [-0.05, 0) is 11.1 Å². The molecule has 0 saturated carbocycles. The molecule has 2 aromatic carbocycles. The lowest BCUT2D eigenvalue weighted by atomic mass is 9.91. The molecule has 2 aliphatic heterocycles. The minimum Gasteiger partial charge on any atom is -0.447 e. The summed E-state index contributed by atoms with van der Waals surface area (Å²) in [6, 6.07) is 17.7. The van der Waals surface area contributed by atoms with Gasteiger partial charge < -0.3 is 14.7 Å². The number of rotatable bonds is 5. The number of β-lactam (4-membered cyclic amide) rings is 1. The summed E-state index contributed by atoms with van der Waals surface area (Å²) in [6.07, 6.45) is -0.505. The van der Waals surface area contributed by atoms with E-state index in [0.717, 1.165) is 11.1 Å². The fourth-order valence-electron chi connectivity index (χ4n) is 3.74. The minimum atomic E-state index is -0.691. The lowest BCUT2D eigenvalue weighted by Crippen LogP contribution is -2.71. The van der Waals surface area contributed by atoms with Gasteiger partial charge in [0.1, 0.15) is 12.6 Å². The summed E-state index contributed by atoms with van der Waals surface area (Å²) >= 11 is 0. The third-order valence-corrected chi connectivity index (χ3v) is 5.08. The van der Waals surface area contributed by atoms with Gasteiger partial charge in [0.05, 0.1) is 18.7 Å². The van der Waals surface area contributed by atoms with Crippen molar-refractivity contribution in [1.82, 2.24) is 9.80 Å². The average molecular weight is 352 g/mol. The maximum atomic E-state index is 12.8. The highest BCUT2D eigenvalue weighted by Crippen LogP contribution is 2.37. The Kier molecular flexibility index (Phi) is 4.34. The summed E-state index contributed by atoms with van der Waals surface area (Å²) < 4.78 is 5.22. The number of likely N-dealkylation sites (tertiary alicyclic amines) is 1. The maximum absolute atomic E-state index is 12.8. The number of cyclic esters (lactones) is 1. The van der Waals surface area contributed by atoms with Gasteiger partial charge in [0.15, 0.2) is 0 Å². The molecule has 2 aromatic rings. The number of carbonyl (C=O) groups is 2. The van der Waals surface area contributed by atoms with Crippen molar-refractivity contribution >= 4 is 12.0 Å². The molecule has 0 aliphatic carbocycles. The molecular formula is C20H20N2O4. The van der Waals surface area contributed by atoms with Crippen LogP contribution < -0.4 is 0 Å². The Hall–Kier alpha value is -2.86. The standard InChI is InChI=1S/C20H20N2O4/c23-12-16-18(19(24)21(16)11-14-7-3-1-4-8-14)22-17(13-26-20(22)25)15-9-5-2-6-10-15/h1-10,16-18,23H,11-13H2/t16?,17-,18?/m1/s1.